The molecule has 1 aliphatic heterocycles. The molecule has 5 rings (SSSR count). The Bertz CT molecular complexity index is 1020. The van der Waals surface area contributed by atoms with Gasteiger partial charge in [0.15, 0.2) is 5.11 Å². The van der Waals surface area contributed by atoms with Gasteiger partial charge >= 0.3 is 0 Å². The second kappa shape index (κ2) is 8.23. The van der Waals surface area contributed by atoms with E-state index >= 15 is 0 Å². The molecule has 3 aromatic rings. The monoisotopic (exact) mass is 416 g/mol. The number of nitrogens with one attached hydrogen (secondary N) is 1. The van der Waals surface area contributed by atoms with Gasteiger partial charge in [0.05, 0.1) is 17.8 Å². The van der Waals surface area contributed by atoms with Crippen molar-refractivity contribution in [2.24, 2.45) is 0 Å². The van der Waals surface area contributed by atoms with Crippen LogP contribution in [0.4, 0.5) is 0 Å². The molecular weight excluding hydrogens is 388 g/mol. The molecule has 0 spiro atoms. The summed E-state index contributed by atoms with van der Waals surface area (Å²) in [6.07, 6.45) is 10.3. The number of aromatic nitrogens is 2. The second-order valence-electron chi connectivity index (χ2n) is 8.47. The van der Waals surface area contributed by atoms with Crippen LogP contribution < -0.4 is 5.32 Å². The first-order chi connectivity index (χ1) is 14.7. The fraction of sp³-hybridized carbons (Fsp3) is 0.360. The molecule has 2 fully saturated rings. The minimum absolute atomic E-state index is 0.0408. The Kier molecular flexibility index (Phi) is 5.30. The molecule has 3 heterocycles. The van der Waals surface area contributed by atoms with E-state index in [2.05, 4.69) is 76.4 Å². The van der Waals surface area contributed by atoms with Crippen molar-refractivity contribution in [1.29, 1.82) is 0 Å². The number of nitrogens with zero attached hydrogens (tertiary/aromatic N) is 3. The minimum Gasteiger partial charge on any atom is -0.352 e. The SMILES string of the molecule is Cc1cccc(-n2cccc2[C@H]2[C@@H](c3ccccn3)NC(=S)N2C2CCCCC2)c1. The van der Waals surface area contributed by atoms with E-state index in [0.29, 0.717) is 6.04 Å². The molecule has 0 unspecified atom stereocenters. The van der Waals surface area contributed by atoms with Gasteiger partial charge in [-0.2, -0.15) is 0 Å². The Morgan fingerprint density at radius 2 is 1.87 bits per heavy atom. The first-order valence-corrected chi connectivity index (χ1v) is 11.4. The molecule has 30 heavy (non-hydrogen) atoms. The summed E-state index contributed by atoms with van der Waals surface area (Å²) in [5, 5.41) is 4.49. The summed E-state index contributed by atoms with van der Waals surface area (Å²) in [5.41, 5.74) is 4.75. The fourth-order valence-corrected chi connectivity index (χ4v) is 5.47. The van der Waals surface area contributed by atoms with Crippen LogP contribution in [0.15, 0.2) is 67.0 Å². The van der Waals surface area contributed by atoms with Gasteiger partial charge in [-0.05, 0) is 73.9 Å². The van der Waals surface area contributed by atoms with E-state index < -0.39 is 0 Å². The predicted molar refractivity (Wildman–Crippen MR) is 125 cm³/mol. The van der Waals surface area contributed by atoms with Crippen LogP contribution in [0.2, 0.25) is 0 Å². The van der Waals surface area contributed by atoms with Crippen LogP contribution in [0, 0.1) is 6.92 Å². The van der Waals surface area contributed by atoms with Gasteiger partial charge in [-0.1, -0.05) is 37.5 Å². The summed E-state index contributed by atoms with van der Waals surface area (Å²) in [5.74, 6) is 0. The molecule has 0 bridgehead atoms. The lowest BCUT2D eigenvalue weighted by atomic mass is 9.92. The Morgan fingerprint density at radius 3 is 2.63 bits per heavy atom. The van der Waals surface area contributed by atoms with Gasteiger partial charge in [0.1, 0.15) is 0 Å². The summed E-state index contributed by atoms with van der Waals surface area (Å²) >= 11 is 5.91. The molecular formula is C25H28N4S. The highest BCUT2D eigenvalue weighted by molar-refractivity contribution is 7.80. The highest BCUT2D eigenvalue weighted by atomic mass is 32.1. The lowest BCUT2D eigenvalue weighted by molar-refractivity contribution is 0.193. The minimum atomic E-state index is 0.0408. The third-order valence-electron chi connectivity index (χ3n) is 6.47. The van der Waals surface area contributed by atoms with Crippen LogP contribution in [0.25, 0.3) is 5.69 Å². The molecule has 0 radical (unpaired) electrons. The number of aryl methyl sites for hydroxylation is 1. The topological polar surface area (TPSA) is 33.1 Å². The van der Waals surface area contributed by atoms with E-state index in [1.54, 1.807) is 0 Å². The molecule has 2 aromatic heterocycles. The average Bonchev–Trinajstić information content (AvgIpc) is 3.39. The summed E-state index contributed by atoms with van der Waals surface area (Å²) in [6.45, 7) is 2.14. The van der Waals surface area contributed by atoms with E-state index in [1.165, 1.54) is 49.0 Å². The molecule has 154 valence electrons. The van der Waals surface area contributed by atoms with Gasteiger partial charge in [-0.3, -0.25) is 4.98 Å². The smallest absolute Gasteiger partial charge is 0.170 e. The number of benzene rings is 1. The van der Waals surface area contributed by atoms with Crippen LogP contribution >= 0.6 is 12.2 Å². The molecule has 1 saturated heterocycles. The maximum Gasteiger partial charge on any atom is 0.170 e. The van der Waals surface area contributed by atoms with E-state index in [9.17, 15) is 0 Å². The zero-order chi connectivity index (χ0) is 20.5. The van der Waals surface area contributed by atoms with Crippen molar-refractivity contribution in [3.05, 3.63) is 83.9 Å². The third-order valence-corrected chi connectivity index (χ3v) is 6.80. The molecule has 1 N–H and O–H groups in total. The fourth-order valence-electron chi connectivity index (χ4n) is 5.08. The van der Waals surface area contributed by atoms with Crippen LogP contribution in [0.1, 0.15) is 61.1 Å². The van der Waals surface area contributed by atoms with Crippen molar-refractivity contribution in [1.82, 2.24) is 19.8 Å². The number of rotatable bonds is 4. The van der Waals surface area contributed by atoms with Crippen molar-refractivity contribution in [2.75, 3.05) is 0 Å². The average molecular weight is 417 g/mol. The van der Waals surface area contributed by atoms with E-state index in [4.69, 9.17) is 17.2 Å². The zero-order valence-corrected chi connectivity index (χ0v) is 18.2. The van der Waals surface area contributed by atoms with Crippen molar-refractivity contribution in [3.8, 4) is 5.69 Å². The van der Waals surface area contributed by atoms with Crippen molar-refractivity contribution in [3.63, 3.8) is 0 Å². The van der Waals surface area contributed by atoms with Crippen molar-refractivity contribution in [2.45, 2.75) is 57.2 Å². The zero-order valence-electron chi connectivity index (χ0n) is 17.4. The first-order valence-electron chi connectivity index (χ1n) is 11.0. The van der Waals surface area contributed by atoms with Crippen LogP contribution in [0.3, 0.4) is 0 Å². The molecule has 5 heteroatoms. The summed E-state index contributed by atoms with van der Waals surface area (Å²) in [6, 6.07) is 19.9. The maximum absolute atomic E-state index is 5.91. The molecule has 1 aromatic carbocycles. The van der Waals surface area contributed by atoms with Gasteiger partial charge in [0, 0.05) is 29.8 Å². The largest absolute Gasteiger partial charge is 0.352 e. The molecule has 1 aliphatic carbocycles. The van der Waals surface area contributed by atoms with Gasteiger partial charge < -0.3 is 14.8 Å². The van der Waals surface area contributed by atoms with Crippen molar-refractivity contribution >= 4 is 17.3 Å². The van der Waals surface area contributed by atoms with E-state index in [-0.39, 0.29) is 12.1 Å². The summed E-state index contributed by atoms with van der Waals surface area (Å²) < 4.78 is 2.32. The molecule has 1 saturated carbocycles. The van der Waals surface area contributed by atoms with Crippen molar-refractivity contribution < 1.29 is 0 Å². The Hall–Kier alpha value is -2.66. The highest BCUT2D eigenvalue weighted by Gasteiger charge is 2.44. The van der Waals surface area contributed by atoms with Gasteiger partial charge in [-0.25, -0.2) is 0 Å². The lowest BCUT2D eigenvalue weighted by Crippen LogP contribution is -2.40. The summed E-state index contributed by atoms with van der Waals surface area (Å²) in [7, 11) is 0. The quantitative estimate of drug-likeness (QED) is 0.571. The van der Waals surface area contributed by atoms with Crippen LogP contribution in [0.5, 0.6) is 0 Å². The predicted octanol–water partition coefficient (Wildman–Crippen LogP) is 5.49. The number of hydrogen-bond acceptors (Lipinski definition) is 2. The Morgan fingerprint density at radius 1 is 1.00 bits per heavy atom. The van der Waals surface area contributed by atoms with Crippen LogP contribution in [-0.4, -0.2) is 25.6 Å². The van der Waals surface area contributed by atoms with Crippen LogP contribution in [-0.2, 0) is 0 Å². The lowest BCUT2D eigenvalue weighted by Gasteiger charge is -2.37. The van der Waals surface area contributed by atoms with E-state index in [1.807, 2.05) is 12.3 Å². The maximum atomic E-state index is 5.91. The second-order valence-corrected chi connectivity index (χ2v) is 8.85. The van der Waals surface area contributed by atoms with E-state index in [0.717, 1.165) is 10.8 Å². The molecule has 4 nitrogen and oxygen atoms in total. The standard InChI is InChI=1S/C25H28N4S/c1-18-9-7-12-20(17-18)28-16-8-14-22(28)24-23(21-13-5-6-15-26-21)27-25(30)29(24)19-10-3-2-4-11-19/h5-9,12-17,19,23-24H,2-4,10-11H2,1H3,(H,27,30)/t23-,24+/m1/s1. The Balaban J connectivity index is 1.61. The van der Waals surface area contributed by atoms with Gasteiger partial charge in [0.25, 0.3) is 0 Å². The number of pyridine rings is 1. The normalized spacial score (nSPS) is 22.3. The third kappa shape index (κ3) is 3.52. The Labute approximate surface area is 183 Å². The number of hydrogen-bond donors (Lipinski definition) is 1. The molecule has 0 amide bonds. The first kappa shape index (κ1) is 19.3. The van der Waals surface area contributed by atoms with Gasteiger partial charge in [0.2, 0.25) is 0 Å². The highest BCUT2D eigenvalue weighted by Crippen LogP contribution is 2.43. The molecule has 2 aliphatic rings. The van der Waals surface area contributed by atoms with Gasteiger partial charge in [-0.15, -0.1) is 0 Å². The number of thiocarbonyl (C=S) groups is 1. The molecule has 2 atom stereocenters. The summed E-state index contributed by atoms with van der Waals surface area (Å²) in [4.78, 5) is 7.17.